The summed E-state index contributed by atoms with van der Waals surface area (Å²) in [5.41, 5.74) is 4.61. The van der Waals surface area contributed by atoms with Gasteiger partial charge in [0.25, 0.3) is 0 Å². The molecule has 0 rings (SSSR count). The first-order chi connectivity index (χ1) is 11.9. The molecule has 5 heteroatoms. The van der Waals surface area contributed by atoms with Crippen LogP contribution in [0.4, 0.5) is 0 Å². The predicted octanol–water partition coefficient (Wildman–Crippen LogP) is 4.21. The van der Waals surface area contributed by atoms with Gasteiger partial charge in [0.2, 0.25) is 5.91 Å². The van der Waals surface area contributed by atoms with Crippen LogP contribution in [0.2, 0.25) is 0 Å². The Kier molecular flexibility index (Phi) is 19.3. The lowest BCUT2D eigenvalue weighted by Crippen LogP contribution is -2.24. The minimum Gasteiger partial charge on any atom is -0.550 e. The van der Waals surface area contributed by atoms with E-state index in [9.17, 15) is 14.7 Å². The molecule has 0 aliphatic rings. The zero-order chi connectivity index (χ0) is 19.6. The second-order valence-electron chi connectivity index (χ2n) is 6.99. The molecule has 0 spiro atoms. The van der Waals surface area contributed by atoms with Crippen molar-refractivity contribution in [3.63, 3.8) is 0 Å². The molecule has 0 heterocycles. The van der Waals surface area contributed by atoms with Crippen LogP contribution in [-0.2, 0) is 9.59 Å². The number of primary amides is 1. The van der Waals surface area contributed by atoms with Gasteiger partial charge >= 0.3 is 0 Å². The standard InChI is InChI=1S/C16H36P.C4H7NO3/c1-5-9-13-17(14-10-6-2,15-11-7-3)16-12-8-4;5-3(6)1-2-4(7)8/h5-16H2,1-4H3;1-2H2,(H2,5,6)(H,7,8)/q+1;/p-1. The van der Waals surface area contributed by atoms with E-state index in [-0.39, 0.29) is 12.8 Å². The highest BCUT2D eigenvalue weighted by molar-refractivity contribution is 7.75. The SMILES string of the molecule is CCCC[P+](CCCC)(CCCC)CCCC.NC(=O)CCC(=O)[O-]. The van der Waals surface area contributed by atoms with Crippen molar-refractivity contribution < 1.29 is 14.7 Å². The Balaban J connectivity index is 0. The molecule has 2 N–H and O–H groups in total. The van der Waals surface area contributed by atoms with E-state index in [0.29, 0.717) is 0 Å². The highest BCUT2D eigenvalue weighted by Crippen LogP contribution is 2.61. The minimum atomic E-state index is -1.25. The normalized spacial score (nSPS) is 10.9. The van der Waals surface area contributed by atoms with E-state index in [2.05, 4.69) is 33.4 Å². The summed E-state index contributed by atoms with van der Waals surface area (Å²) in [7, 11) is -0.562. The molecule has 0 aromatic rings. The van der Waals surface area contributed by atoms with E-state index in [4.69, 9.17) is 0 Å². The van der Waals surface area contributed by atoms with Gasteiger partial charge in [-0.25, -0.2) is 0 Å². The summed E-state index contributed by atoms with van der Waals surface area (Å²) < 4.78 is 0. The van der Waals surface area contributed by atoms with E-state index in [1.807, 2.05) is 0 Å². The monoisotopic (exact) mass is 375 g/mol. The van der Waals surface area contributed by atoms with Gasteiger partial charge in [0, 0.05) is 19.7 Å². The van der Waals surface area contributed by atoms with Gasteiger partial charge in [0.15, 0.2) is 0 Å². The first-order valence-corrected chi connectivity index (χ1v) is 12.7. The molecule has 0 atom stereocenters. The summed E-state index contributed by atoms with van der Waals surface area (Å²) in [4.78, 5) is 19.4. The van der Waals surface area contributed by atoms with Crippen molar-refractivity contribution in [2.45, 2.75) is 91.9 Å². The number of hydrogen-bond acceptors (Lipinski definition) is 3. The Bertz CT molecular complexity index is 283. The number of rotatable bonds is 15. The lowest BCUT2D eigenvalue weighted by molar-refractivity contribution is -0.305. The van der Waals surface area contributed by atoms with Crippen molar-refractivity contribution in [3.8, 4) is 0 Å². The molecule has 4 nitrogen and oxygen atoms in total. The average molecular weight is 376 g/mol. The second-order valence-corrected chi connectivity index (χ2v) is 11.5. The van der Waals surface area contributed by atoms with Gasteiger partial charge in [-0.1, -0.05) is 53.4 Å². The van der Waals surface area contributed by atoms with Gasteiger partial charge in [0.1, 0.15) is 0 Å². The van der Waals surface area contributed by atoms with Crippen LogP contribution < -0.4 is 10.8 Å². The highest BCUT2D eigenvalue weighted by Gasteiger charge is 2.34. The van der Waals surface area contributed by atoms with Crippen LogP contribution in [0.3, 0.4) is 0 Å². The van der Waals surface area contributed by atoms with Crippen LogP contribution in [0.15, 0.2) is 0 Å². The van der Waals surface area contributed by atoms with Crippen molar-refractivity contribution in [1.29, 1.82) is 0 Å². The summed E-state index contributed by atoms with van der Waals surface area (Å²) in [5.74, 6) is -1.86. The second kappa shape index (κ2) is 18.2. The van der Waals surface area contributed by atoms with Crippen molar-refractivity contribution >= 4 is 19.1 Å². The van der Waals surface area contributed by atoms with Crippen molar-refractivity contribution in [2.24, 2.45) is 5.73 Å². The lowest BCUT2D eigenvalue weighted by Gasteiger charge is -2.28. The van der Waals surface area contributed by atoms with Crippen LogP contribution in [0.25, 0.3) is 0 Å². The van der Waals surface area contributed by atoms with Crippen LogP contribution in [-0.4, -0.2) is 36.5 Å². The topological polar surface area (TPSA) is 83.2 Å². The molecule has 0 aromatic carbocycles. The third kappa shape index (κ3) is 18.0. The van der Waals surface area contributed by atoms with Gasteiger partial charge in [0.05, 0.1) is 24.6 Å². The van der Waals surface area contributed by atoms with Crippen molar-refractivity contribution in [2.75, 3.05) is 24.6 Å². The largest absolute Gasteiger partial charge is 0.550 e. The number of amides is 1. The van der Waals surface area contributed by atoms with Gasteiger partial charge in [-0.3, -0.25) is 4.79 Å². The van der Waals surface area contributed by atoms with Gasteiger partial charge in [-0.05, 0) is 32.1 Å². The fraction of sp³-hybridized carbons (Fsp3) is 0.900. The number of carbonyl (C=O) groups is 2. The number of carboxylic acid groups (broad SMARTS) is 1. The van der Waals surface area contributed by atoms with E-state index < -0.39 is 19.1 Å². The molecule has 0 aliphatic heterocycles. The number of carbonyl (C=O) groups excluding carboxylic acids is 2. The third-order valence-electron chi connectivity index (χ3n) is 4.52. The first-order valence-electron chi connectivity index (χ1n) is 10.2. The first kappa shape index (κ1) is 26.6. The maximum absolute atomic E-state index is 9.83. The minimum absolute atomic E-state index is 0.137. The lowest BCUT2D eigenvalue weighted by atomic mass is 10.3. The smallest absolute Gasteiger partial charge is 0.217 e. The molecule has 0 saturated carbocycles. The molecule has 0 fully saturated rings. The van der Waals surface area contributed by atoms with Crippen LogP contribution in [0.1, 0.15) is 91.9 Å². The fourth-order valence-electron chi connectivity index (χ4n) is 2.87. The molecule has 0 aliphatic carbocycles. The van der Waals surface area contributed by atoms with Gasteiger partial charge in [-0.2, -0.15) is 0 Å². The Morgan fingerprint density at radius 1 is 0.720 bits per heavy atom. The number of nitrogens with two attached hydrogens (primary N) is 1. The molecule has 1 amide bonds. The van der Waals surface area contributed by atoms with E-state index in [1.165, 1.54) is 51.4 Å². The summed E-state index contributed by atoms with van der Waals surface area (Å²) in [5, 5.41) is 9.58. The Morgan fingerprint density at radius 3 is 1.20 bits per heavy atom. The molecule has 0 radical (unpaired) electrons. The fourth-order valence-corrected chi connectivity index (χ4v) is 8.16. The van der Waals surface area contributed by atoms with E-state index >= 15 is 0 Å². The quantitative estimate of drug-likeness (QED) is 0.435. The molecule has 0 saturated heterocycles. The Morgan fingerprint density at radius 2 is 1.04 bits per heavy atom. The molecular formula is C20H42NO3P. The summed E-state index contributed by atoms with van der Waals surface area (Å²) in [6.07, 6.45) is 17.5. The average Bonchev–Trinajstić information content (AvgIpc) is 2.59. The molecule has 0 bridgehead atoms. The molecule has 0 aromatic heterocycles. The van der Waals surface area contributed by atoms with Crippen molar-refractivity contribution in [1.82, 2.24) is 0 Å². The molecule has 150 valence electrons. The molecule has 0 unspecified atom stereocenters. The molecule has 25 heavy (non-hydrogen) atoms. The van der Waals surface area contributed by atoms with Crippen LogP contribution in [0, 0.1) is 0 Å². The number of hydrogen-bond donors (Lipinski definition) is 1. The zero-order valence-corrected chi connectivity index (χ0v) is 18.0. The zero-order valence-electron chi connectivity index (χ0n) is 17.1. The van der Waals surface area contributed by atoms with Crippen LogP contribution in [0.5, 0.6) is 0 Å². The number of aliphatic carboxylic acids is 1. The van der Waals surface area contributed by atoms with Crippen molar-refractivity contribution in [3.05, 3.63) is 0 Å². The van der Waals surface area contributed by atoms with E-state index in [1.54, 1.807) is 24.6 Å². The van der Waals surface area contributed by atoms with Crippen LogP contribution >= 0.6 is 7.26 Å². The van der Waals surface area contributed by atoms with E-state index in [0.717, 1.165) is 0 Å². The highest BCUT2D eigenvalue weighted by atomic mass is 31.2. The number of carboxylic acids is 1. The maximum atomic E-state index is 9.83. The maximum Gasteiger partial charge on any atom is 0.217 e. The van der Waals surface area contributed by atoms with Gasteiger partial charge in [-0.15, -0.1) is 0 Å². The Hall–Kier alpha value is -0.630. The predicted molar refractivity (Wildman–Crippen MR) is 109 cm³/mol. The summed E-state index contributed by atoms with van der Waals surface area (Å²) >= 11 is 0. The third-order valence-corrected chi connectivity index (χ3v) is 9.58. The summed E-state index contributed by atoms with van der Waals surface area (Å²) in [6.45, 7) is 9.42. The number of unbranched alkanes of at least 4 members (excludes halogenated alkanes) is 4. The van der Waals surface area contributed by atoms with Gasteiger partial charge < -0.3 is 15.6 Å². The Labute approximate surface area is 156 Å². The molecular weight excluding hydrogens is 333 g/mol. The summed E-state index contributed by atoms with van der Waals surface area (Å²) in [6, 6.07) is 0.